The van der Waals surface area contributed by atoms with E-state index in [2.05, 4.69) is 10.4 Å². The van der Waals surface area contributed by atoms with Crippen LogP contribution < -0.4 is 10.1 Å². The van der Waals surface area contributed by atoms with E-state index in [1.54, 1.807) is 6.92 Å². The van der Waals surface area contributed by atoms with Crippen molar-refractivity contribution < 1.29 is 37.4 Å². The molecule has 0 spiro atoms. The van der Waals surface area contributed by atoms with Gasteiger partial charge in [-0.2, -0.15) is 5.10 Å². The Morgan fingerprint density at radius 1 is 1.10 bits per heavy atom. The molecule has 0 aliphatic carbocycles. The van der Waals surface area contributed by atoms with Crippen LogP contribution in [0, 0.1) is 12.7 Å². The molecule has 3 rings (SSSR count). The first kappa shape index (κ1) is 33.0. The summed E-state index contributed by atoms with van der Waals surface area (Å²) in [5, 5.41) is 17.1. The molecule has 1 amide bonds. The number of aliphatic hydroxyl groups excluding tert-OH is 1. The zero-order chi connectivity index (χ0) is 29.9. The third-order valence-electron chi connectivity index (χ3n) is 5.61. The summed E-state index contributed by atoms with van der Waals surface area (Å²) in [6.07, 6.45) is -2.09. The molecule has 212 valence electrons. The standard InChI is InChI=1S/C26H30F3N3O3.2CH2O/c1-6-16-7-9-17(10-8-16)20(14-33)30-24(34)22-15(2)25(32(31-22)26(3,4)5)35-21-12-11-18(27)13-19(21)23(28)29;2*1-2/h7-13,20,23,33H,6,14H2,1-5H3,(H,30,34);2*1H2. The fraction of sp³-hybridized carbons (Fsp3) is 0.357. The molecule has 0 aliphatic heterocycles. The van der Waals surface area contributed by atoms with Gasteiger partial charge in [0.15, 0.2) is 5.69 Å². The molecule has 0 fully saturated rings. The number of rotatable bonds is 8. The Bertz CT molecular complexity index is 1220. The lowest BCUT2D eigenvalue weighted by atomic mass is 10.0. The second kappa shape index (κ2) is 14.8. The number of halogens is 3. The summed E-state index contributed by atoms with van der Waals surface area (Å²) in [6.45, 7) is 12.8. The van der Waals surface area contributed by atoms with Crippen LogP contribution in [-0.2, 0) is 21.5 Å². The van der Waals surface area contributed by atoms with E-state index in [0.29, 0.717) is 5.56 Å². The minimum atomic E-state index is -2.96. The van der Waals surface area contributed by atoms with Crippen LogP contribution in [0.25, 0.3) is 0 Å². The zero-order valence-corrected chi connectivity index (χ0v) is 22.6. The van der Waals surface area contributed by atoms with Gasteiger partial charge >= 0.3 is 0 Å². The van der Waals surface area contributed by atoms with Crippen molar-refractivity contribution in [1.29, 1.82) is 0 Å². The molecule has 2 N–H and O–H groups in total. The Morgan fingerprint density at radius 2 is 1.69 bits per heavy atom. The number of carbonyl (C=O) groups excluding carboxylic acids is 3. The van der Waals surface area contributed by atoms with E-state index in [4.69, 9.17) is 14.3 Å². The summed E-state index contributed by atoms with van der Waals surface area (Å²) < 4.78 is 47.8. The van der Waals surface area contributed by atoms with Crippen LogP contribution in [0.3, 0.4) is 0 Å². The third-order valence-corrected chi connectivity index (χ3v) is 5.61. The van der Waals surface area contributed by atoms with Gasteiger partial charge in [0.05, 0.1) is 23.8 Å². The van der Waals surface area contributed by atoms with E-state index in [1.165, 1.54) is 4.68 Å². The van der Waals surface area contributed by atoms with Crippen molar-refractivity contribution in [3.05, 3.63) is 76.2 Å². The van der Waals surface area contributed by atoms with E-state index in [-0.39, 0.29) is 23.9 Å². The summed E-state index contributed by atoms with van der Waals surface area (Å²) in [7, 11) is 0. The highest BCUT2D eigenvalue weighted by molar-refractivity contribution is 5.94. The van der Waals surface area contributed by atoms with Gasteiger partial charge in [0.2, 0.25) is 5.88 Å². The highest BCUT2D eigenvalue weighted by atomic mass is 19.3. The van der Waals surface area contributed by atoms with Gasteiger partial charge in [-0.3, -0.25) is 4.79 Å². The predicted molar refractivity (Wildman–Crippen MR) is 141 cm³/mol. The van der Waals surface area contributed by atoms with Crippen LogP contribution in [0.4, 0.5) is 13.2 Å². The number of ether oxygens (including phenoxy) is 1. The van der Waals surface area contributed by atoms with Gasteiger partial charge in [-0.1, -0.05) is 31.2 Å². The summed E-state index contributed by atoms with van der Waals surface area (Å²) >= 11 is 0. The molecule has 1 atom stereocenters. The number of hydrogen-bond acceptors (Lipinski definition) is 6. The van der Waals surface area contributed by atoms with Gasteiger partial charge in [0, 0.05) is 5.56 Å². The Morgan fingerprint density at radius 3 is 2.18 bits per heavy atom. The van der Waals surface area contributed by atoms with Crippen molar-refractivity contribution in [2.75, 3.05) is 6.61 Å². The first-order valence-corrected chi connectivity index (χ1v) is 11.9. The molecule has 39 heavy (non-hydrogen) atoms. The summed E-state index contributed by atoms with van der Waals surface area (Å²) in [4.78, 5) is 29.2. The number of carbonyl (C=O) groups is 3. The lowest BCUT2D eigenvalue weighted by Crippen LogP contribution is -2.32. The third kappa shape index (κ3) is 8.25. The second-order valence-corrected chi connectivity index (χ2v) is 9.25. The van der Waals surface area contributed by atoms with Crippen LogP contribution in [0.15, 0.2) is 42.5 Å². The summed E-state index contributed by atoms with van der Waals surface area (Å²) in [6, 6.07) is 9.74. The predicted octanol–water partition coefficient (Wildman–Crippen LogP) is 5.47. The Hall–Kier alpha value is -3.99. The number of aromatic nitrogens is 2. The Kier molecular flexibility index (Phi) is 12.6. The fourth-order valence-electron chi connectivity index (χ4n) is 3.60. The van der Waals surface area contributed by atoms with Crippen molar-refractivity contribution in [1.82, 2.24) is 15.1 Å². The SMILES string of the molecule is C=O.C=O.CCc1ccc(C(CO)NC(=O)c2nn(C(C)(C)C)c(Oc3ccc(F)cc3C(F)F)c2C)cc1. The number of benzene rings is 2. The second-order valence-electron chi connectivity index (χ2n) is 9.25. The maximum absolute atomic E-state index is 13.6. The van der Waals surface area contributed by atoms with Crippen LogP contribution in [0.2, 0.25) is 0 Å². The average Bonchev–Trinajstić information content (AvgIpc) is 3.26. The molecular weight excluding hydrogens is 515 g/mol. The molecule has 1 aromatic heterocycles. The lowest BCUT2D eigenvalue weighted by Gasteiger charge is -2.23. The minimum Gasteiger partial charge on any atom is -0.438 e. The molecule has 2 aromatic carbocycles. The van der Waals surface area contributed by atoms with Crippen LogP contribution in [0.5, 0.6) is 11.6 Å². The minimum absolute atomic E-state index is 0.0271. The first-order valence-electron chi connectivity index (χ1n) is 11.9. The number of alkyl halides is 2. The summed E-state index contributed by atoms with van der Waals surface area (Å²) in [5.74, 6) is -1.51. The van der Waals surface area contributed by atoms with Crippen molar-refractivity contribution in [3.63, 3.8) is 0 Å². The number of amides is 1. The lowest BCUT2D eigenvalue weighted by molar-refractivity contribution is -0.0987. The highest BCUT2D eigenvalue weighted by Gasteiger charge is 2.30. The van der Waals surface area contributed by atoms with E-state index in [1.807, 2.05) is 65.5 Å². The molecule has 0 saturated carbocycles. The maximum Gasteiger partial charge on any atom is 0.272 e. The van der Waals surface area contributed by atoms with Gasteiger partial charge in [0.1, 0.15) is 25.1 Å². The molecule has 1 heterocycles. The topological polar surface area (TPSA) is 111 Å². The number of aryl methyl sites for hydroxylation is 1. The summed E-state index contributed by atoms with van der Waals surface area (Å²) in [5.41, 5.74) is 0.931. The molecule has 0 radical (unpaired) electrons. The van der Waals surface area contributed by atoms with E-state index in [9.17, 15) is 23.1 Å². The Balaban J connectivity index is 0.00000181. The molecule has 0 bridgehead atoms. The zero-order valence-electron chi connectivity index (χ0n) is 22.6. The molecule has 8 nitrogen and oxygen atoms in total. The fourth-order valence-corrected chi connectivity index (χ4v) is 3.60. The maximum atomic E-state index is 13.6. The molecule has 0 saturated heterocycles. The normalized spacial score (nSPS) is 11.5. The first-order chi connectivity index (χ1) is 18.5. The van der Waals surface area contributed by atoms with Gasteiger partial charge < -0.3 is 24.7 Å². The van der Waals surface area contributed by atoms with Gasteiger partial charge in [-0.05, 0) is 63.4 Å². The average molecular weight is 550 g/mol. The monoisotopic (exact) mass is 549 g/mol. The number of nitrogens with zero attached hydrogens (tertiary/aromatic N) is 2. The molecular formula is C28H34F3N3O5. The van der Waals surface area contributed by atoms with E-state index >= 15 is 0 Å². The van der Waals surface area contributed by atoms with Gasteiger partial charge in [0.25, 0.3) is 12.3 Å². The van der Waals surface area contributed by atoms with Crippen LogP contribution in [0.1, 0.15) is 72.9 Å². The van der Waals surface area contributed by atoms with Crippen LogP contribution in [-0.4, -0.2) is 41.0 Å². The van der Waals surface area contributed by atoms with Gasteiger partial charge in [-0.15, -0.1) is 0 Å². The van der Waals surface area contributed by atoms with Crippen molar-refractivity contribution >= 4 is 19.5 Å². The Labute approximate surface area is 225 Å². The van der Waals surface area contributed by atoms with Crippen molar-refractivity contribution in [2.45, 2.75) is 59.0 Å². The molecule has 0 aliphatic rings. The largest absolute Gasteiger partial charge is 0.438 e. The van der Waals surface area contributed by atoms with Gasteiger partial charge in [-0.25, -0.2) is 17.9 Å². The number of nitrogens with one attached hydrogen (secondary N) is 1. The van der Waals surface area contributed by atoms with E-state index in [0.717, 1.165) is 35.7 Å². The number of hydrogen-bond donors (Lipinski definition) is 2. The molecule has 3 aromatic rings. The van der Waals surface area contributed by atoms with Crippen LogP contribution >= 0.6 is 0 Å². The highest BCUT2D eigenvalue weighted by Crippen LogP contribution is 2.37. The van der Waals surface area contributed by atoms with E-state index < -0.39 is 35.3 Å². The van der Waals surface area contributed by atoms with Crippen molar-refractivity contribution in [3.8, 4) is 11.6 Å². The smallest absolute Gasteiger partial charge is 0.272 e. The number of aliphatic hydroxyl groups is 1. The quantitative estimate of drug-likeness (QED) is 0.386. The van der Waals surface area contributed by atoms with Crippen molar-refractivity contribution in [2.24, 2.45) is 0 Å². The molecule has 1 unspecified atom stereocenters. The molecule has 11 heteroatoms.